The van der Waals surface area contributed by atoms with Crippen LogP contribution in [0.15, 0.2) is 41.6 Å². The first-order valence-electron chi connectivity index (χ1n) is 7.05. The number of ether oxygens (including phenoxy) is 3. The van der Waals surface area contributed by atoms with Crippen molar-refractivity contribution < 1.29 is 40.6 Å². The van der Waals surface area contributed by atoms with Crippen LogP contribution in [0.2, 0.25) is 0 Å². The molecular formula is C15H13F3N2O6S. The molecule has 1 heterocycles. The van der Waals surface area contributed by atoms with Crippen molar-refractivity contribution in [1.29, 1.82) is 0 Å². The number of alkyl halides is 3. The molecule has 0 amide bonds. The number of carbonyl (C=O) groups is 1. The van der Waals surface area contributed by atoms with Crippen LogP contribution >= 0.6 is 0 Å². The molecule has 1 aromatic carbocycles. The number of hydrogen-bond acceptors (Lipinski definition) is 7. The van der Waals surface area contributed by atoms with Gasteiger partial charge in [0.25, 0.3) is 10.0 Å². The van der Waals surface area contributed by atoms with Gasteiger partial charge in [0.15, 0.2) is 0 Å². The molecule has 1 N–H and O–H groups in total. The van der Waals surface area contributed by atoms with Gasteiger partial charge < -0.3 is 14.2 Å². The summed E-state index contributed by atoms with van der Waals surface area (Å²) < 4.78 is 77.5. The standard InChI is InChI=1S/C15H13F3N2O6S/c1-24-12-4-3-11(26-15(16,17)18)6-13(12)27(22,23)20-10-5-9(7-19-8-10)14(21)25-2/h3-8,20H,1-2H3. The first kappa shape index (κ1) is 20.3. The van der Waals surface area contributed by atoms with Gasteiger partial charge in [-0.3, -0.25) is 9.71 Å². The second kappa shape index (κ2) is 7.70. The van der Waals surface area contributed by atoms with E-state index in [1.54, 1.807) is 0 Å². The third kappa shape index (κ3) is 5.23. The molecule has 0 atom stereocenters. The van der Waals surface area contributed by atoms with E-state index in [-0.39, 0.29) is 17.0 Å². The fourth-order valence-electron chi connectivity index (χ4n) is 2.00. The van der Waals surface area contributed by atoms with Crippen LogP contribution < -0.4 is 14.2 Å². The van der Waals surface area contributed by atoms with E-state index in [9.17, 15) is 26.4 Å². The maximum Gasteiger partial charge on any atom is 0.573 e. The molecule has 12 heteroatoms. The summed E-state index contributed by atoms with van der Waals surface area (Å²) in [5.41, 5.74) is -0.138. The zero-order chi connectivity index (χ0) is 20.2. The van der Waals surface area contributed by atoms with Crippen molar-refractivity contribution >= 4 is 21.7 Å². The molecule has 2 aromatic rings. The van der Waals surface area contributed by atoms with E-state index in [0.29, 0.717) is 6.07 Å². The van der Waals surface area contributed by atoms with Gasteiger partial charge in [0.2, 0.25) is 0 Å². The topological polar surface area (TPSA) is 104 Å². The van der Waals surface area contributed by atoms with Crippen LogP contribution in [0.5, 0.6) is 11.5 Å². The average molecular weight is 406 g/mol. The number of nitrogens with one attached hydrogen (secondary N) is 1. The van der Waals surface area contributed by atoms with Crippen LogP contribution in [-0.2, 0) is 14.8 Å². The lowest BCUT2D eigenvalue weighted by atomic mass is 10.3. The summed E-state index contributed by atoms with van der Waals surface area (Å²) in [6.07, 6.45) is -2.74. The molecule has 0 bridgehead atoms. The van der Waals surface area contributed by atoms with Crippen molar-refractivity contribution in [1.82, 2.24) is 4.98 Å². The minimum Gasteiger partial charge on any atom is -0.495 e. The van der Waals surface area contributed by atoms with Gasteiger partial charge in [-0.15, -0.1) is 13.2 Å². The van der Waals surface area contributed by atoms with Gasteiger partial charge in [-0.1, -0.05) is 0 Å². The number of sulfonamides is 1. The minimum atomic E-state index is -5.00. The van der Waals surface area contributed by atoms with Crippen LogP contribution in [0.4, 0.5) is 18.9 Å². The Bertz CT molecular complexity index is 947. The van der Waals surface area contributed by atoms with E-state index in [4.69, 9.17) is 4.74 Å². The summed E-state index contributed by atoms with van der Waals surface area (Å²) >= 11 is 0. The molecular weight excluding hydrogens is 393 g/mol. The summed E-state index contributed by atoms with van der Waals surface area (Å²) in [5.74, 6) is -1.71. The molecule has 0 aliphatic heterocycles. The van der Waals surface area contributed by atoms with E-state index in [1.165, 1.54) is 0 Å². The summed E-state index contributed by atoms with van der Waals surface area (Å²) in [5, 5.41) is 0. The number of nitrogens with zero attached hydrogens (tertiary/aromatic N) is 1. The number of methoxy groups -OCH3 is 2. The van der Waals surface area contributed by atoms with Crippen LogP contribution in [0.1, 0.15) is 10.4 Å². The Kier molecular flexibility index (Phi) is 5.78. The Labute approximate surface area is 151 Å². The lowest BCUT2D eigenvalue weighted by molar-refractivity contribution is -0.274. The number of hydrogen-bond donors (Lipinski definition) is 1. The smallest absolute Gasteiger partial charge is 0.495 e. The quantitative estimate of drug-likeness (QED) is 0.736. The number of rotatable bonds is 6. The predicted molar refractivity (Wildman–Crippen MR) is 86.1 cm³/mol. The highest BCUT2D eigenvalue weighted by atomic mass is 32.2. The molecule has 0 saturated carbocycles. The third-order valence-electron chi connectivity index (χ3n) is 3.07. The van der Waals surface area contributed by atoms with E-state index in [1.807, 2.05) is 0 Å². The SMILES string of the molecule is COC(=O)c1cncc(NS(=O)(=O)c2cc(OC(F)(F)F)ccc2OC)c1. The molecule has 0 radical (unpaired) electrons. The fourth-order valence-corrected chi connectivity index (χ4v) is 3.22. The maximum atomic E-state index is 12.6. The number of aromatic nitrogens is 1. The molecule has 0 aliphatic carbocycles. The van der Waals surface area contributed by atoms with Gasteiger partial charge in [0.05, 0.1) is 31.7 Å². The van der Waals surface area contributed by atoms with Crippen LogP contribution in [0.25, 0.3) is 0 Å². The third-order valence-corrected chi connectivity index (χ3v) is 4.47. The highest BCUT2D eigenvalue weighted by Crippen LogP contribution is 2.32. The average Bonchev–Trinajstić information content (AvgIpc) is 2.59. The summed E-state index contributed by atoms with van der Waals surface area (Å²) in [6, 6.07) is 3.73. The molecule has 27 heavy (non-hydrogen) atoms. The van der Waals surface area contributed by atoms with Crippen LogP contribution in [0.3, 0.4) is 0 Å². The summed E-state index contributed by atoms with van der Waals surface area (Å²) in [7, 11) is -2.11. The van der Waals surface area contributed by atoms with E-state index >= 15 is 0 Å². The van der Waals surface area contributed by atoms with Gasteiger partial charge in [-0.05, 0) is 18.2 Å². The lowest BCUT2D eigenvalue weighted by Gasteiger charge is -2.14. The number of anilines is 1. The van der Waals surface area contributed by atoms with Crippen molar-refractivity contribution in [3.63, 3.8) is 0 Å². The highest BCUT2D eigenvalue weighted by molar-refractivity contribution is 7.92. The monoisotopic (exact) mass is 406 g/mol. The van der Waals surface area contributed by atoms with E-state index in [0.717, 1.165) is 44.8 Å². The maximum absolute atomic E-state index is 12.6. The van der Waals surface area contributed by atoms with Gasteiger partial charge >= 0.3 is 12.3 Å². The zero-order valence-electron chi connectivity index (χ0n) is 13.9. The molecule has 146 valence electrons. The van der Waals surface area contributed by atoms with Gasteiger partial charge in [0, 0.05) is 12.3 Å². The van der Waals surface area contributed by atoms with Crippen molar-refractivity contribution in [2.24, 2.45) is 0 Å². The largest absolute Gasteiger partial charge is 0.573 e. The highest BCUT2D eigenvalue weighted by Gasteiger charge is 2.32. The molecule has 0 saturated heterocycles. The lowest BCUT2D eigenvalue weighted by Crippen LogP contribution is -2.18. The van der Waals surface area contributed by atoms with E-state index < -0.39 is 33.0 Å². The number of pyridine rings is 1. The van der Waals surface area contributed by atoms with Gasteiger partial charge in [-0.25, -0.2) is 13.2 Å². The molecule has 0 spiro atoms. The van der Waals surface area contributed by atoms with Crippen LogP contribution in [-0.4, -0.2) is 40.0 Å². The molecule has 0 unspecified atom stereocenters. The van der Waals surface area contributed by atoms with Gasteiger partial charge in [0.1, 0.15) is 16.4 Å². The first-order chi connectivity index (χ1) is 12.6. The number of halogens is 3. The molecule has 2 rings (SSSR count). The minimum absolute atomic E-state index is 0.0289. The zero-order valence-corrected chi connectivity index (χ0v) is 14.7. The predicted octanol–water partition coefficient (Wildman–Crippen LogP) is 2.58. The second-order valence-electron chi connectivity index (χ2n) is 4.92. The number of esters is 1. The Morgan fingerprint density at radius 3 is 2.44 bits per heavy atom. The number of carbonyl (C=O) groups excluding carboxylic acids is 1. The second-order valence-corrected chi connectivity index (χ2v) is 6.57. The Balaban J connectivity index is 2.41. The van der Waals surface area contributed by atoms with Gasteiger partial charge in [-0.2, -0.15) is 0 Å². The molecule has 8 nitrogen and oxygen atoms in total. The Morgan fingerprint density at radius 1 is 1.15 bits per heavy atom. The Morgan fingerprint density at radius 2 is 1.85 bits per heavy atom. The summed E-state index contributed by atoms with van der Waals surface area (Å²) in [6.45, 7) is 0. The molecule has 0 fully saturated rings. The normalized spacial score (nSPS) is 11.6. The van der Waals surface area contributed by atoms with Crippen LogP contribution in [0, 0.1) is 0 Å². The van der Waals surface area contributed by atoms with Crippen molar-refractivity contribution in [3.8, 4) is 11.5 Å². The molecule has 1 aromatic heterocycles. The first-order valence-corrected chi connectivity index (χ1v) is 8.54. The van der Waals surface area contributed by atoms with Crippen molar-refractivity contribution in [2.75, 3.05) is 18.9 Å². The Hall–Kier alpha value is -3.02. The van der Waals surface area contributed by atoms with Crippen molar-refractivity contribution in [3.05, 3.63) is 42.2 Å². The number of benzene rings is 1. The fraction of sp³-hybridized carbons (Fsp3) is 0.200. The van der Waals surface area contributed by atoms with Crippen molar-refractivity contribution in [2.45, 2.75) is 11.3 Å². The molecule has 0 aliphatic rings. The van der Waals surface area contributed by atoms with E-state index in [2.05, 4.69) is 19.2 Å². The summed E-state index contributed by atoms with van der Waals surface area (Å²) in [4.78, 5) is 14.6.